The molecule has 1 aromatic carbocycles. The number of rotatable bonds is 4. The van der Waals surface area contributed by atoms with Gasteiger partial charge in [0, 0.05) is 41.8 Å². The van der Waals surface area contributed by atoms with Gasteiger partial charge in [-0.2, -0.15) is 0 Å². The van der Waals surface area contributed by atoms with Gasteiger partial charge in [-0.1, -0.05) is 29.8 Å². The summed E-state index contributed by atoms with van der Waals surface area (Å²) in [5, 5.41) is 3.47. The molecule has 1 aliphatic rings. The van der Waals surface area contributed by atoms with Crippen LogP contribution >= 0.6 is 15.9 Å². The molecule has 1 aromatic rings. The maximum atomic E-state index is 13.9. The van der Waals surface area contributed by atoms with E-state index < -0.39 is 0 Å². The lowest BCUT2D eigenvalue weighted by Gasteiger charge is -2.47. The van der Waals surface area contributed by atoms with E-state index in [0.717, 1.165) is 42.5 Å². The van der Waals surface area contributed by atoms with Crippen molar-refractivity contribution in [1.82, 2.24) is 10.2 Å². The Morgan fingerprint density at radius 3 is 2.79 bits per heavy atom. The molecule has 106 valence electrons. The first-order valence-corrected chi connectivity index (χ1v) is 7.80. The first-order valence-electron chi connectivity index (χ1n) is 7.01. The molecule has 2 nitrogen and oxygen atoms in total. The molecular formula is C15H22BrFN2. The van der Waals surface area contributed by atoms with Crippen molar-refractivity contribution in [1.29, 1.82) is 0 Å². The van der Waals surface area contributed by atoms with E-state index in [1.165, 1.54) is 0 Å². The van der Waals surface area contributed by atoms with E-state index in [4.69, 9.17) is 0 Å². The first-order chi connectivity index (χ1) is 9.11. The summed E-state index contributed by atoms with van der Waals surface area (Å²) in [5.74, 6) is -0.108. The standard InChI is InChI=1S/C15H22BrFN2/c1-3-15(4-2)11-18-7-8-19(15)10-12-9-13(16)5-6-14(12)17/h5-6,9,18H,3-4,7-8,10-11H2,1-2H3. The molecular weight excluding hydrogens is 307 g/mol. The fourth-order valence-corrected chi connectivity index (χ4v) is 3.36. The predicted octanol–water partition coefficient (Wildman–Crippen LogP) is 3.55. The van der Waals surface area contributed by atoms with Crippen LogP contribution in [0.4, 0.5) is 4.39 Å². The topological polar surface area (TPSA) is 15.3 Å². The number of piperazine rings is 1. The van der Waals surface area contributed by atoms with Crippen molar-refractivity contribution in [3.63, 3.8) is 0 Å². The maximum absolute atomic E-state index is 13.9. The minimum atomic E-state index is -0.108. The number of hydrogen-bond acceptors (Lipinski definition) is 2. The average molecular weight is 329 g/mol. The second-order valence-corrected chi connectivity index (χ2v) is 6.18. The van der Waals surface area contributed by atoms with E-state index in [1.54, 1.807) is 12.1 Å². The van der Waals surface area contributed by atoms with Gasteiger partial charge >= 0.3 is 0 Å². The van der Waals surface area contributed by atoms with Gasteiger partial charge in [-0.25, -0.2) is 4.39 Å². The van der Waals surface area contributed by atoms with Gasteiger partial charge in [-0.15, -0.1) is 0 Å². The molecule has 19 heavy (non-hydrogen) atoms. The van der Waals surface area contributed by atoms with E-state index >= 15 is 0 Å². The molecule has 1 fully saturated rings. The van der Waals surface area contributed by atoms with Crippen LogP contribution in [0.5, 0.6) is 0 Å². The molecule has 0 unspecified atom stereocenters. The third-order valence-corrected chi connectivity index (χ3v) is 4.86. The Labute approximate surface area is 123 Å². The lowest BCUT2D eigenvalue weighted by molar-refractivity contribution is 0.0438. The summed E-state index contributed by atoms with van der Waals surface area (Å²) in [7, 11) is 0. The van der Waals surface area contributed by atoms with Gasteiger partial charge in [0.25, 0.3) is 0 Å². The Bertz CT molecular complexity index is 432. The number of halogens is 2. The quantitative estimate of drug-likeness (QED) is 0.909. The smallest absolute Gasteiger partial charge is 0.127 e. The largest absolute Gasteiger partial charge is 0.314 e. The Hall–Kier alpha value is -0.450. The van der Waals surface area contributed by atoms with Gasteiger partial charge in [-0.3, -0.25) is 4.90 Å². The van der Waals surface area contributed by atoms with Gasteiger partial charge in [0.05, 0.1) is 0 Å². The Kier molecular flexibility index (Phi) is 4.98. The van der Waals surface area contributed by atoms with Gasteiger partial charge < -0.3 is 5.32 Å². The van der Waals surface area contributed by atoms with Crippen LogP contribution in [0, 0.1) is 5.82 Å². The van der Waals surface area contributed by atoms with Crippen LogP contribution in [-0.2, 0) is 6.54 Å². The third-order valence-electron chi connectivity index (χ3n) is 4.37. The van der Waals surface area contributed by atoms with Crippen molar-refractivity contribution in [2.45, 2.75) is 38.8 Å². The van der Waals surface area contributed by atoms with E-state index in [2.05, 4.69) is 40.0 Å². The molecule has 2 rings (SSSR count). The van der Waals surface area contributed by atoms with E-state index in [-0.39, 0.29) is 11.4 Å². The van der Waals surface area contributed by atoms with Crippen molar-refractivity contribution in [3.8, 4) is 0 Å². The van der Waals surface area contributed by atoms with Crippen molar-refractivity contribution < 1.29 is 4.39 Å². The SMILES string of the molecule is CCC1(CC)CNCCN1Cc1cc(Br)ccc1F. The molecule has 0 bridgehead atoms. The van der Waals surface area contributed by atoms with Crippen molar-refractivity contribution >= 4 is 15.9 Å². The summed E-state index contributed by atoms with van der Waals surface area (Å²) in [5.41, 5.74) is 0.940. The van der Waals surface area contributed by atoms with Crippen LogP contribution in [-0.4, -0.2) is 30.1 Å². The summed E-state index contributed by atoms with van der Waals surface area (Å²) in [6, 6.07) is 5.19. The zero-order chi connectivity index (χ0) is 13.9. The average Bonchev–Trinajstić information content (AvgIpc) is 2.44. The summed E-state index contributed by atoms with van der Waals surface area (Å²) in [6.45, 7) is 8.09. The minimum absolute atomic E-state index is 0.108. The molecule has 1 aliphatic heterocycles. The third kappa shape index (κ3) is 3.18. The molecule has 0 atom stereocenters. The highest BCUT2D eigenvalue weighted by atomic mass is 79.9. The summed E-state index contributed by atoms with van der Waals surface area (Å²) in [6.07, 6.45) is 2.18. The van der Waals surface area contributed by atoms with Gasteiger partial charge in [-0.05, 0) is 31.0 Å². The highest BCUT2D eigenvalue weighted by molar-refractivity contribution is 9.10. The minimum Gasteiger partial charge on any atom is -0.314 e. The van der Waals surface area contributed by atoms with Crippen LogP contribution in [0.3, 0.4) is 0 Å². The Balaban J connectivity index is 2.22. The van der Waals surface area contributed by atoms with E-state index in [9.17, 15) is 4.39 Å². The maximum Gasteiger partial charge on any atom is 0.127 e. The lowest BCUT2D eigenvalue weighted by Crippen LogP contribution is -2.60. The molecule has 4 heteroatoms. The van der Waals surface area contributed by atoms with Crippen LogP contribution in [0.2, 0.25) is 0 Å². The van der Waals surface area contributed by atoms with Crippen molar-refractivity contribution in [2.24, 2.45) is 0 Å². The molecule has 1 saturated heterocycles. The molecule has 0 spiro atoms. The summed E-state index contributed by atoms with van der Waals surface area (Å²) < 4.78 is 14.9. The van der Waals surface area contributed by atoms with Gasteiger partial charge in [0.2, 0.25) is 0 Å². The first kappa shape index (κ1) is 14.9. The zero-order valence-corrected chi connectivity index (χ0v) is 13.3. The number of benzene rings is 1. The van der Waals surface area contributed by atoms with Crippen LogP contribution in [0.25, 0.3) is 0 Å². The Morgan fingerprint density at radius 2 is 2.11 bits per heavy atom. The van der Waals surface area contributed by atoms with Crippen LogP contribution in [0.1, 0.15) is 32.3 Å². The monoisotopic (exact) mass is 328 g/mol. The van der Waals surface area contributed by atoms with Gasteiger partial charge in [0.15, 0.2) is 0 Å². The van der Waals surface area contributed by atoms with Crippen LogP contribution in [0.15, 0.2) is 22.7 Å². The molecule has 1 heterocycles. The van der Waals surface area contributed by atoms with E-state index in [1.807, 2.05) is 6.07 Å². The fourth-order valence-electron chi connectivity index (χ4n) is 2.95. The molecule has 0 saturated carbocycles. The summed E-state index contributed by atoms with van der Waals surface area (Å²) in [4.78, 5) is 2.44. The molecule has 0 aromatic heterocycles. The lowest BCUT2D eigenvalue weighted by atomic mass is 9.88. The normalized spacial score (nSPS) is 19.6. The summed E-state index contributed by atoms with van der Waals surface area (Å²) >= 11 is 3.43. The molecule has 0 radical (unpaired) electrons. The van der Waals surface area contributed by atoms with Gasteiger partial charge in [0.1, 0.15) is 5.82 Å². The molecule has 0 aliphatic carbocycles. The van der Waals surface area contributed by atoms with Crippen LogP contribution < -0.4 is 5.32 Å². The fraction of sp³-hybridized carbons (Fsp3) is 0.600. The highest BCUT2D eigenvalue weighted by Crippen LogP contribution is 2.28. The van der Waals surface area contributed by atoms with Crippen molar-refractivity contribution in [2.75, 3.05) is 19.6 Å². The molecule has 1 N–H and O–H groups in total. The second-order valence-electron chi connectivity index (χ2n) is 5.27. The number of hydrogen-bond donors (Lipinski definition) is 1. The zero-order valence-electron chi connectivity index (χ0n) is 11.7. The number of nitrogens with zero attached hydrogens (tertiary/aromatic N) is 1. The highest BCUT2D eigenvalue weighted by Gasteiger charge is 2.35. The number of nitrogens with one attached hydrogen (secondary N) is 1. The Morgan fingerprint density at radius 1 is 1.37 bits per heavy atom. The van der Waals surface area contributed by atoms with E-state index in [0.29, 0.717) is 6.54 Å². The molecule has 0 amide bonds. The predicted molar refractivity (Wildman–Crippen MR) is 80.7 cm³/mol. The second kappa shape index (κ2) is 6.33. The van der Waals surface area contributed by atoms with Crippen molar-refractivity contribution in [3.05, 3.63) is 34.1 Å².